The van der Waals surface area contributed by atoms with E-state index < -0.39 is 0 Å². The van der Waals surface area contributed by atoms with Crippen molar-refractivity contribution in [3.8, 4) is 17.2 Å². The number of methoxy groups -OCH3 is 2. The maximum Gasteiger partial charge on any atom is 0.125 e. The molecule has 0 saturated carbocycles. The first kappa shape index (κ1) is 20.5. The summed E-state index contributed by atoms with van der Waals surface area (Å²) in [6.45, 7) is 6.37. The Labute approximate surface area is 168 Å². The molecule has 1 aliphatic heterocycles. The third kappa shape index (κ3) is 5.88. The molecule has 3 rings (SSSR count). The molecule has 5 heteroatoms. The molecule has 0 N–H and O–H groups in total. The lowest BCUT2D eigenvalue weighted by Gasteiger charge is -2.32. The van der Waals surface area contributed by atoms with Crippen LogP contribution in [0.5, 0.6) is 17.2 Å². The maximum atomic E-state index is 5.95. The Hall–Kier alpha value is -2.24. The summed E-state index contributed by atoms with van der Waals surface area (Å²) in [5.41, 5.74) is 2.42. The Balaban J connectivity index is 1.53. The van der Waals surface area contributed by atoms with Gasteiger partial charge in [-0.2, -0.15) is 0 Å². The molecule has 1 saturated heterocycles. The van der Waals surface area contributed by atoms with Crippen LogP contribution in [0.4, 0.5) is 0 Å². The van der Waals surface area contributed by atoms with Crippen LogP contribution in [-0.2, 0) is 13.0 Å². The van der Waals surface area contributed by atoms with Crippen molar-refractivity contribution < 1.29 is 14.2 Å². The molecule has 152 valence electrons. The first-order chi connectivity index (χ1) is 13.7. The van der Waals surface area contributed by atoms with E-state index in [0.29, 0.717) is 6.61 Å². The number of ether oxygens (including phenoxy) is 3. The topological polar surface area (TPSA) is 34.2 Å². The predicted molar refractivity (Wildman–Crippen MR) is 113 cm³/mol. The highest BCUT2D eigenvalue weighted by molar-refractivity contribution is 5.38. The fourth-order valence-electron chi connectivity index (χ4n) is 3.51. The van der Waals surface area contributed by atoms with Crippen molar-refractivity contribution >= 4 is 0 Å². The second kappa shape index (κ2) is 10.3. The van der Waals surface area contributed by atoms with Gasteiger partial charge in [0.15, 0.2) is 0 Å². The van der Waals surface area contributed by atoms with Crippen molar-refractivity contribution in [1.82, 2.24) is 9.80 Å². The largest absolute Gasteiger partial charge is 0.497 e. The summed E-state index contributed by atoms with van der Waals surface area (Å²) in [4.78, 5) is 4.96. The van der Waals surface area contributed by atoms with Gasteiger partial charge in [-0.25, -0.2) is 0 Å². The molecule has 28 heavy (non-hydrogen) atoms. The fraction of sp³-hybridized carbons (Fsp3) is 0.478. The Morgan fingerprint density at radius 2 is 1.57 bits per heavy atom. The van der Waals surface area contributed by atoms with Crippen molar-refractivity contribution in [2.24, 2.45) is 0 Å². The summed E-state index contributed by atoms with van der Waals surface area (Å²) in [6, 6.07) is 14.1. The second-order valence-electron chi connectivity index (χ2n) is 7.36. The molecule has 2 aromatic carbocycles. The second-order valence-corrected chi connectivity index (χ2v) is 7.36. The molecule has 0 amide bonds. The number of benzene rings is 2. The number of hydrogen-bond donors (Lipinski definition) is 0. The van der Waals surface area contributed by atoms with Crippen LogP contribution in [0, 0.1) is 0 Å². The minimum Gasteiger partial charge on any atom is -0.497 e. The highest BCUT2D eigenvalue weighted by atomic mass is 16.5. The molecule has 1 heterocycles. The lowest BCUT2D eigenvalue weighted by Crippen LogP contribution is -2.44. The van der Waals surface area contributed by atoms with Gasteiger partial charge in [0, 0.05) is 31.7 Å². The van der Waals surface area contributed by atoms with E-state index in [2.05, 4.69) is 35.0 Å². The normalized spacial score (nSPS) is 15.4. The summed E-state index contributed by atoms with van der Waals surface area (Å²) in [7, 11) is 5.57. The molecule has 0 unspecified atom stereocenters. The van der Waals surface area contributed by atoms with Gasteiger partial charge < -0.3 is 24.0 Å². The van der Waals surface area contributed by atoms with Crippen LogP contribution in [0.3, 0.4) is 0 Å². The molecule has 0 bridgehead atoms. The zero-order valence-electron chi connectivity index (χ0n) is 17.3. The van der Waals surface area contributed by atoms with Gasteiger partial charge >= 0.3 is 0 Å². The summed E-state index contributed by atoms with van der Waals surface area (Å²) >= 11 is 0. The number of rotatable bonds is 9. The van der Waals surface area contributed by atoms with Gasteiger partial charge in [-0.1, -0.05) is 6.07 Å². The first-order valence-electron chi connectivity index (χ1n) is 10.0. The first-order valence-corrected chi connectivity index (χ1v) is 10.0. The predicted octanol–water partition coefficient (Wildman–Crippen LogP) is 3.46. The van der Waals surface area contributed by atoms with Gasteiger partial charge in [0.2, 0.25) is 0 Å². The Kier molecular flexibility index (Phi) is 7.57. The third-order valence-corrected chi connectivity index (χ3v) is 5.33. The van der Waals surface area contributed by atoms with Crippen LogP contribution in [0.25, 0.3) is 0 Å². The molecule has 0 spiro atoms. The molecular weight excluding hydrogens is 352 g/mol. The van der Waals surface area contributed by atoms with E-state index in [0.717, 1.165) is 35.8 Å². The smallest absolute Gasteiger partial charge is 0.125 e. The molecule has 2 aromatic rings. The van der Waals surface area contributed by atoms with E-state index >= 15 is 0 Å². The Bertz CT molecular complexity index is 725. The van der Waals surface area contributed by atoms with Crippen LogP contribution in [-0.4, -0.2) is 63.8 Å². The summed E-state index contributed by atoms with van der Waals surface area (Å²) in [6.07, 6.45) is 2.25. The minimum absolute atomic E-state index is 0.488. The Morgan fingerprint density at radius 3 is 2.25 bits per heavy atom. The Morgan fingerprint density at radius 1 is 0.857 bits per heavy atom. The van der Waals surface area contributed by atoms with Crippen molar-refractivity contribution in [1.29, 1.82) is 0 Å². The van der Waals surface area contributed by atoms with E-state index in [1.165, 1.54) is 38.2 Å². The monoisotopic (exact) mass is 384 g/mol. The zero-order chi connectivity index (χ0) is 19.8. The van der Waals surface area contributed by atoms with Crippen LogP contribution >= 0.6 is 0 Å². The SMILES string of the molecule is COc1ccc(OCc2cc(CCCN3CCN(C)CC3)ccc2OC)cc1. The van der Waals surface area contributed by atoms with Gasteiger partial charge in [0.25, 0.3) is 0 Å². The molecule has 0 aromatic heterocycles. The van der Waals surface area contributed by atoms with Gasteiger partial charge in [-0.3, -0.25) is 0 Å². The quantitative estimate of drug-likeness (QED) is 0.661. The van der Waals surface area contributed by atoms with Gasteiger partial charge in [-0.15, -0.1) is 0 Å². The minimum atomic E-state index is 0.488. The standard InChI is InChI=1S/C23H32N2O3/c1-24-13-15-25(16-14-24)12-4-5-19-6-11-23(27-3)20(17-19)18-28-22-9-7-21(26-2)8-10-22/h6-11,17H,4-5,12-16,18H2,1-3H3. The van der Waals surface area contributed by atoms with Crippen LogP contribution in [0.1, 0.15) is 17.5 Å². The van der Waals surface area contributed by atoms with E-state index in [-0.39, 0.29) is 0 Å². The molecular formula is C23H32N2O3. The van der Waals surface area contributed by atoms with Crippen LogP contribution < -0.4 is 14.2 Å². The average Bonchev–Trinajstić information content (AvgIpc) is 2.74. The van der Waals surface area contributed by atoms with Gasteiger partial charge in [0.1, 0.15) is 23.9 Å². The third-order valence-electron chi connectivity index (χ3n) is 5.33. The van der Waals surface area contributed by atoms with Gasteiger partial charge in [0.05, 0.1) is 14.2 Å². The van der Waals surface area contributed by atoms with E-state index in [9.17, 15) is 0 Å². The lowest BCUT2D eigenvalue weighted by atomic mass is 10.1. The molecule has 0 atom stereocenters. The van der Waals surface area contributed by atoms with Crippen molar-refractivity contribution in [2.45, 2.75) is 19.4 Å². The summed E-state index contributed by atoms with van der Waals surface area (Å²) in [5, 5.41) is 0. The highest BCUT2D eigenvalue weighted by Crippen LogP contribution is 2.24. The number of aryl methyl sites for hydroxylation is 1. The van der Waals surface area contributed by atoms with Crippen molar-refractivity contribution in [2.75, 3.05) is 54.0 Å². The molecule has 1 aliphatic rings. The number of hydrogen-bond acceptors (Lipinski definition) is 5. The van der Waals surface area contributed by atoms with Crippen LogP contribution in [0.2, 0.25) is 0 Å². The van der Waals surface area contributed by atoms with E-state index in [1.807, 2.05) is 24.3 Å². The van der Waals surface area contributed by atoms with E-state index in [1.54, 1.807) is 14.2 Å². The number of likely N-dealkylation sites (N-methyl/N-ethyl adjacent to an activating group) is 1. The maximum absolute atomic E-state index is 5.95. The molecule has 0 radical (unpaired) electrons. The summed E-state index contributed by atoms with van der Waals surface area (Å²) < 4.78 is 16.7. The van der Waals surface area contributed by atoms with Crippen molar-refractivity contribution in [3.63, 3.8) is 0 Å². The number of nitrogens with zero attached hydrogens (tertiary/aromatic N) is 2. The average molecular weight is 385 g/mol. The number of piperazine rings is 1. The van der Waals surface area contributed by atoms with E-state index in [4.69, 9.17) is 14.2 Å². The zero-order valence-corrected chi connectivity index (χ0v) is 17.3. The summed E-state index contributed by atoms with van der Waals surface area (Å²) in [5.74, 6) is 2.52. The van der Waals surface area contributed by atoms with Gasteiger partial charge in [-0.05, 0) is 68.4 Å². The molecule has 1 fully saturated rings. The van der Waals surface area contributed by atoms with Crippen molar-refractivity contribution in [3.05, 3.63) is 53.6 Å². The fourth-order valence-corrected chi connectivity index (χ4v) is 3.51. The highest BCUT2D eigenvalue weighted by Gasteiger charge is 2.13. The lowest BCUT2D eigenvalue weighted by molar-refractivity contribution is 0.153. The molecule has 0 aliphatic carbocycles. The van der Waals surface area contributed by atoms with Crippen LogP contribution in [0.15, 0.2) is 42.5 Å². The molecule has 5 nitrogen and oxygen atoms in total.